The number of hydrogen-bond donors (Lipinski definition) is 2. The molecule has 2 rings (SSSR count). The van der Waals surface area contributed by atoms with E-state index in [1.165, 1.54) is 0 Å². The van der Waals surface area contributed by atoms with Crippen LogP contribution in [0.4, 0.5) is 0 Å². The molecular weight excluding hydrogens is 294 g/mol. The van der Waals surface area contributed by atoms with Crippen LogP contribution in [-0.2, 0) is 10.2 Å². The highest BCUT2D eigenvalue weighted by Crippen LogP contribution is 2.23. The van der Waals surface area contributed by atoms with Crippen LogP contribution in [0.25, 0.3) is 0 Å². The third-order valence-corrected chi connectivity index (χ3v) is 3.86. The van der Waals surface area contributed by atoms with Gasteiger partial charge in [0.15, 0.2) is 0 Å². The van der Waals surface area contributed by atoms with E-state index in [2.05, 4.69) is 10.4 Å². The number of carbonyl (C=O) groups is 2. The molecule has 23 heavy (non-hydrogen) atoms. The summed E-state index contributed by atoms with van der Waals surface area (Å²) < 4.78 is 1.68. The summed E-state index contributed by atoms with van der Waals surface area (Å²) in [5, 5.41) is 16.4. The molecule has 0 saturated carbocycles. The number of carboxylic acids is 1. The third kappa shape index (κ3) is 3.59. The van der Waals surface area contributed by atoms with Gasteiger partial charge >= 0.3 is 5.97 Å². The Morgan fingerprint density at radius 1 is 1.26 bits per heavy atom. The lowest BCUT2D eigenvalue weighted by molar-refractivity contribution is -0.142. The van der Waals surface area contributed by atoms with Gasteiger partial charge in [0.1, 0.15) is 11.1 Å². The number of carbonyl (C=O) groups excluding carboxylic acids is 1. The highest BCUT2D eigenvalue weighted by atomic mass is 16.4. The van der Waals surface area contributed by atoms with Crippen molar-refractivity contribution in [1.82, 2.24) is 15.1 Å². The van der Waals surface area contributed by atoms with Gasteiger partial charge < -0.3 is 10.4 Å². The Morgan fingerprint density at radius 3 is 2.43 bits per heavy atom. The van der Waals surface area contributed by atoms with E-state index in [0.717, 1.165) is 0 Å². The van der Waals surface area contributed by atoms with Crippen LogP contribution in [0, 0.1) is 0 Å². The van der Waals surface area contributed by atoms with E-state index >= 15 is 0 Å². The Balaban J connectivity index is 2.12. The van der Waals surface area contributed by atoms with Gasteiger partial charge in [-0.2, -0.15) is 5.10 Å². The minimum atomic E-state index is -1.20. The van der Waals surface area contributed by atoms with Gasteiger partial charge in [0.25, 0.3) is 5.91 Å². The quantitative estimate of drug-likeness (QED) is 0.856. The lowest BCUT2D eigenvalue weighted by atomic mass is 9.82. The molecule has 0 aliphatic heterocycles. The Hall–Kier alpha value is -2.63. The summed E-state index contributed by atoms with van der Waals surface area (Å²) in [6.07, 6.45) is 1.73. The molecule has 0 spiro atoms. The van der Waals surface area contributed by atoms with Crippen LogP contribution < -0.4 is 5.32 Å². The van der Waals surface area contributed by atoms with E-state index < -0.39 is 11.4 Å². The van der Waals surface area contributed by atoms with Crippen molar-refractivity contribution in [2.24, 2.45) is 0 Å². The number of aliphatic carboxylic acids is 1. The van der Waals surface area contributed by atoms with Gasteiger partial charge in [0.2, 0.25) is 0 Å². The fourth-order valence-electron chi connectivity index (χ4n) is 2.20. The molecule has 1 aromatic carbocycles. The summed E-state index contributed by atoms with van der Waals surface area (Å²) in [7, 11) is 0. The fraction of sp³-hybridized carbons (Fsp3) is 0.353. The summed E-state index contributed by atoms with van der Waals surface area (Å²) in [6, 6.07) is 10.6. The van der Waals surface area contributed by atoms with Crippen molar-refractivity contribution in [3.8, 4) is 0 Å². The zero-order valence-corrected chi connectivity index (χ0v) is 13.5. The zero-order chi connectivity index (χ0) is 17.0. The molecule has 1 aromatic heterocycles. The van der Waals surface area contributed by atoms with Crippen molar-refractivity contribution in [2.75, 3.05) is 6.54 Å². The van der Waals surface area contributed by atoms with Crippen LogP contribution in [0.2, 0.25) is 0 Å². The highest BCUT2D eigenvalue weighted by Gasteiger charge is 2.35. The van der Waals surface area contributed by atoms with Crippen molar-refractivity contribution < 1.29 is 14.7 Å². The van der Waals surface area contributed by atoms with Crippen molar-refractivity contribution in [1.29, 1.82) is 0 Å². The van der Waals surface area contributed by atoms with Crippen molar-refractivity contribution in [2.45, 2.75) is 32.2 Å². The van der Waals surface area contributed by atoms with Gasteiger partial charge in [-0.1, -0.05) is 30.3 Å². The van der Waals surface area contributed by atoms with Crippen molar-refractivity contribution in [3.05, 3.63) is 53.9 Å². The van der Waals surface area contributed by atoms with Gasteiger partial charge in [0, 0.05) is 18.8 Å². The average molecular weight is 315 g/mol. The predicted octanol–water partition coefficient (Wildman–Crippen LogP) is 2.24. The maximum Gasteiger partial charge on any atom is 0.315 e. The molecule has 0 aliphatic rings. The normalized spacial score (nSPS) is 13.6. The predicted molar refractivity (Wildman–Crippen MR) is 86.4 cm³/mol. The lowest BCUT2D eigenvalue weighted by Crippen LogP contribution is -2.44. The Kier molecular flexibility index (Phi) is 4.83. The highest BCUT2D eigenvalue weighted by molar-refractivity contribution is 5.93. The molecule has 1 amide bonds. The van der Waals surface area contributed by atoms with E-state index in [0.29, 0.717) is 5.56 Å². The standard InChI is InChI=1S/C17H21N3O3/c1-12(2)20-10-9-14(19-20)15(21)18-11-17(3,16(22)23)13-7-5-4-6-8-13/h4-10,12H,11H2,1-3H3,(H,18,21)(H,22,23). The summed E-state index contributed by atoms with van der Waals surface area (Å²) >= 11 is 0. The molecule has 0 fully saturated rings. The first-order chi connectivity index (χ1) is 10.8. The van der Waals surface area contributed by atoms with E-state index in [9.17, 15) is 14.7 Å². The molecule has 0 aliphatic carbocycles. The summed E-state index contributed by atoms with van der Waals surface area (Å²) in [4.78, 5) is 23.9. The van der Waals surface area contributed by atoms with E-state index in [1.807, 2.05) is 19.9 Å². The number of nitrogens with zero attached hydrogens (tertiary/aromatic N) is 2. The lowest BCUT2D eigenvalue weighted by Gasteiger charge is -2.25. The van der Waals surface area contributed by atoms with Crippen molar-refractivity contribution in [3.63, 3.8) is 0 Å². The van der Waals surface area contributed by atoms with Crippen LogP contribution >= 0.6 is 0 Å². The van der Waals surface area contributed by atoms with E-state index in [4.69, 9.17) is 0 Å². The molecule has 122 valence electrons. The number of nitrogens with one attached hydrogen (secondary N) is 1. The minimum Gasteiger partial charge on any atom is -0.481 e. The Bertz CT molecular complexity index is 694. The van der Waals surface area contributed by atoms with Crippen LogP contribution in [0.3, 0.4) is 0 Å². The molecule has 1 heterocycles. The van der Waals surface area contributed by atoms with Crippen LogP contribution in [-0.4, -0.2) is 33.3 Å². The largest absolute Gasteiger partial charge is 0.481 e. The molecule has 6 heteroatoms. The van der Waals surface area contributed by atoms with Gasteiger partial charge in [-0.25, -0.2) is 0 Å². The number of aromatic nitrogens is 2. The van der Waals surface area contributed by atoms with E-state index in [-0.39, 0.29) is 24.2 Å². The summed E-state index contributed by atoms with van der Waals surface area (Å²) in [6.45, 7) is 5.51. The first-order valence-electron chi connectivity index (χ1n) is 7.47. The van der Waals surface area contributed by atoms with Crippen LogP contribution in [0.5, 0.6) is 0 Å². The second kappa shape index (κ2) is 6.64. The molecule has 1 unspecified atom stereocenters. The molecule has 0 saturated heterocycles. The minimum absolute atomic E-state index is 0.0142. The van der Waals surface area contributed by atoms with Crippen LogP contribution in [0.15, 0.2) is 42.6 Å². The smallest absolute Gasteiger partial charge is 0.315 e. The average Bonchev–Trinajstić information content (AvgIpc) is 3.03. The second-order valence-corrected chi connectivity index (χ2v) is 5.96. The molecular formula is C17H21N3O3. The Morgan fingerprint density at radius 2 is 1.91 bits per heavy atom. The van der Waals surface area contributed by atoms with Gasteiger partial charge in [-0.3, -0.25) is 14.3 Å². The molecule has 2 aromatic rings. The summed E-state index contributed by atoms with van der Waals surface area (Å²) in [5.74, 6) is -1.37. The number of amides is 1. The third-order valence-electron chi connectivity index (χ3n) is 3.86. The summed E-state index contributed by atoms with van der Waals surface area (Å²) in [5.41, 5.74) is -0.280. The first kappa shape index (κ1) is 16.7. The SMILES string of the molecule is CC(C)n1ccc(C(=O)NCC(C)(C(=O)O)c2ccccc2)n1. The monoisotopic (exact) mass is 315 g/mol. The fourth-order valence-corrected chi connectivity index (χ4v) is 2.20. The first-order valence-corrected chi connectivity index (χ1v) is 7.47. The Labute approximate surface area is 135 Å². The number of carboxylic acid groups (broad SMARTS) is 1. The number of benzene rings is 1. The van der Waals surface area contributed by atoms with Crippen LogP contribution in [0.1, 0.15) is 42.9 Å². The zero-order valence-electron chi connectivity index (χ0n) is 13.5. The van der Waals surface area contributed by atoms with Gasteiger partial charge in [-0.15, -0.1) is 0 Å². The molecule has 0 bridgehead atoms. The van der Waals surface area contributed by atoms with E-state index in [1.54, 1.807) is 48.1 Å². The number of hydrogen-bond acceptors (Lipinski definition) is 3. The number of rotatable bonds is 6. The topological polar surface area (TPSA) is 84.2 Å². The maximum absolute atomic E-state index is 12.2. The van der Waals surface area contributed by atoms with Gasteiger partial charge in [-0.05, 0) is 32.4 Å². The molecule has 6 nitrogen and oxygen atoms in total. The maximum atomic E-state index is 12.2. The molecule has 1 atom stereocenters. The molecule has 2 N–H and O–H groups in total. The second-order valence-electron chi connectivity index (χ2n) is 5.96. The van der Waals surface area contributed by atoms with Gasteiger partial charge in [0.05, 0.1) is 0 Å². The van der Waals surface area contributed by atoms with Crippen molar-refractivity contribution >= 4 is 11.9 Å². The molecule has 0 radical (unpaired) electrons.